The lowest BCUT2D eigenvalue weighted by Crippen LogP contribution is -2.34. The van der Waals surface area contributed by atoms with Gasteiger partial charge >= 0.3 is 0 Å². The van der Waals surface area contributed by atoms with Crippen molar-refractivity contribution in [3.63, 3.8) is 0 Å². The van der Waals surface area contributed by atoms with Crippen molar-refractivity contribution in [3.05, 3.63) is 83.7 Å². The largest absolute Gasteiger partial charge is 0.303 e. The number of hydrogen-bond donors (Lipinski definition) is 0. The Kier molecular flexibility index (Phi) is 5.41. The average Bonchev–Trinajstić information content (AvgIpc) is 3.17. The van der Waals surface area contributed by atoms with Crippen LogP contribution in [0.15, 0.2) is 66.9 Å². The van der Waals surface area contributed by atoms with Gasteiger partial charge in [0.15, 0.2) is 0 Å². The van der Waals surface area contributed by atoms with Crippen LogP contribution >= 0.6 is 0 Å². The molecule has 2 heterocycles. The van der Waals surface area contributed by atoms with Gasteiger partial charge in [0.05, 0.1) is 12.2 Å². The highest BCUT2D eigenvalue weighted by Gasteiger charge is 2.22. The van der Waals surface area contributed by atoms with Crippen LogP contribution in [0.1, 0.15) is 35.6 Å². The van der Waals surface area contributed by atoms with Crippen LogP contribution in [0.3, 0.4) is 0 Å². The number of hydrogen-bond acceptors (Lipinski definition) is 3. The number of piperidine rings is 1. The molecule has 2 aromatic carbocycles. The van der Waals surface area contributed by atoms with Gasteiger partial charge in [-0.2, -0.15) is 0 Å². The molecule has 134 valence electrons. The number of likely N-dealkylation sites (tertiary alicyclic amines) is 1. The predicted molar refractivity (Wildman–Crippen MR) is 104 cm³/mol. The maximum atomic E-state index is 4.45. The van der Waals surface area contributed by atoms with Crippen LogP contribution in [0, 0.1) is 0 Å². The van der Waals surface area contributed by atoms with Crippen molar-refractivity contribution in [3.8, 4) is 0 Å². The van der Waals surface area contributed by atoms with Crippen molar-refractivity contribution >= 4 is 0 Å². The Bertz CT molecular complexity index is 789. The monoisotopic (exact) mass is 346 g/mol. The summed E-state index contributed by atoms with van der Waals surface area (Å²) in [5.41, 5.74) is 3.85. The SMILES string of the molecule is c1ccc(CCN2CCC(c3cn(Cc4ccccc4)nn3)CC2)cc1. The first kappa shape index (κ1) is 17.0. The van der Waals surface area contributed by atoms with Gasteiger partial charge in [-0.3, -0.25) is 0 Å². The standard InChI is InChI=1S/C22H26N4/c1-3-7-19(8-4-1)11-14-25-15-12-21(13-16-25)22-18-26(24-23-22)17-20-9-5-2-6-10-20/h1-10,18,21H,11-17H2. The first-order valence-corrected chi connectivity index (χ1v) is 9.57. The smallest absolute Gasteiger partial charge is 0.0859 e. The molecule has 0 atom stereocenters. The van der Waals surface area contributed by atoms with Crippen molar-refractivity contribution in [1.29, 1.82) is 0 Å². The Hall–Kier alpha value is -2.46. The van der Waals surface area contributed by atoms with Crippen molar-refractivity contribution in [2.75, 3.05) is 19.6 Å². The molecule has 0 radical (unpaired) electrons. The van der Waals surface area contributed by atoms with E-state index in [-0.39, 0.29) is 0 Å². The Labute approximate surface area is 155 Å². The fraction of sp³-hybridized carbons (Fsp3) is 0.364. The lowest BCUT2D eigenvalue weighted by atomic mass is 9.94. The first-order valence-electron chi connectivity index (χ1n) is 9.57. The fourth-order valence-corrected chi connectivity index (χ4v) is 3.73. The van der Waals surface area contributed by atoms with Gasteiger partial charge in [-0.15, -0.1) is 5.10 Å². The summed E-state index contributed by atoms with van der Waals surface area (Å²) in [5.74, 6) is 0.549. The second kappa shape index (κ2) is 8.28. The zero-order valence-corrected chi connectivity index (χ0v) is 15.2. The van der Waals surface area contributed by atoms with Crippen LogP contribution < -0.4 is 0 Å². The van der Waals surface area contributed by atoms with Crippen LogP contribution in [0.4, 0.5) is 0 Å². The molecule has 3 aromatic rings. The van der Waals surface area contributed by atoms with E-state index in [0.29, 0.717) is 5.92 Å². The third kappa shape index (κ3) is 4.38. The normalized spacial score (nSPS) is 16.0. The molecule has 0 bridgehead atoms. The third-order valence-electron chi connectivity index (χ3n) is 5.31. The molecule has 0 amide bonds. The number of benzene rings is 2. The van der Waals surface area contributed by atoms with E-state index in [1.54, 1.807) is 0 Å². The van der Waals surface area contributed by atoms with Crippen LogP contribution in [0.25, 0.3) is 0 Å². The molecule has 4 rings (SSSR count). The van der Waals surface area contributed by atoms with E-state index in [1.165, 1.54) is 24.0 Å². The quantitative estimate of drug-likeness (QED) is 0.682. The minimum atomic E-state index is 0.549. The van der Waals surface area contributed by atoms with E-state index in [1.807, 2.05) is 10.7 Å². The van der Waals surface area contributed by atoms with Gasteiger partial charge in [0.2, 0.25) is 0 Å². The Morgan fingerprint density at radius 1 is 0.846 bits per heavy atom. The minimum absolute atomic E-state index is 0.549. The Morgan fingerprint density at radius 2 is 1.50 bits per heavy atom. The van der Waals surface area contributed by atoms with Gasteiger partial charge in [-0.05, 0) is 43.5 Å². The molecule has 1 saturated heterocycles. The molecule has 1 aromatic heterocycles. The van der Waals surface area contributed by atoms with Crippen molar-refractivity contribution in [2.45, 2.75) is 31.7 Å². The zero-order valence-electron chi connectivity index (χ0n) is 15.2. The second-order valence-electron chi connectivity index (χ2n) is 7.18. The molecule has 0 spiro atoms. The van der Waals surface area contributed by atoms with Crippen LogP contribution in [-0.4, -0.2) is 39.5 Å². The zero-order chi connectivity index (χ0) is 17.6. The first-order chi connectivity index (χ1) is 12.9. The molecule has 26 heavy (non-hydrogen) atoms. The summed E-state index contributed by atoms with van der Waals surface area (Å²) in [4.78, 5) is 2.58. The molecule has 4 heteroatoms. The molecule has 4 nitrogen and oxygen atoms in total. The molecule has 0 N–H and O–H groups in total. The summed E-state index contributed by atoms with van der Waals surface area (Å²) in [6.45, 7) is 4.26. The summed E-state index contributed by atoms with van der Waals surface area (Å²) in [7, 11) is 0. The van der Waals surface area contributed by atoms with Crippen molar-refractivity contribution in [2.24, 2.45) is 0 Å². The number of nitrogens with zero attached hydrogens (tertiary/aromatic N) is 4. The number of rotatable bonds is 6. The summed E-state index contributed by atoms with van der Waals surface area (Å²) in [6, 6.07) is 21.2. The predicted octanol–water partition coefficient (Wildman–Crippen LogP) is 3.75. The molecule has 1 aliphatic heterocycles. The van der Waals surface area contributed by atoms with Crippen molar-refractivity contribution < 1.29 is 0 Å². The summed E-state index contributed by atoms with van der Waals surface area (Å²) in [6.07, 6.45) is 5.63. The van der Waals surface area contributed by atoms with E-state index < -0.39 is 0 Å². The Morgan fingerprint density at radius 3 is 2.19 bits per heavy atom. The van der Waals surface area contributed by atoms with E-state index in [0.717, 1.165) is 38.3 Å². The number of aromatic nitrogens is 3. The highest BCUT2D eigenvalue weighted by atomic mass is 15.4. The molecule has 1 aliphatic rings. The van der Waals surface area contributed by atoms with Gasteiger partial charge < -0.3 is 4.90 Å². The lowest BCUT2D eigenvalue weighted by Gasteiger charge is -2.31. The summed E-state index contributed by atoms with van der Waals surface area (Å²) >= 11 is 0. The van der Waals surface area contributed by atoms with Gasteiger partial charge in [0.25, 0.3) is 0 Å². The van der Waals surface area contributed by atoms with Gasteiger partial charge in [-0.1, -0.05) is 65.9 Å². The van der Waals surface area contributed by atoms with Crippen LogP contribution in [-0.2, 0) is 13.0 Å². The maximum Gasteiger partial charge on any atom is 0.0859 e. The van der Waals surface area contributed by atoms with E-state index >= 15 is 0 Å². The topological polar surface area (TPSA) is 34.0 Å². The summed E-state index contributed by atoms with van der Waals surface area (Å²) < 4.78 is 1.96. The van der Waals surface area contributed by atoms with E-state index in [2.05, 4.69) is 76.0 Å². The van der Waals surface area contributed by atoms with Crippen molar-refractivity contribution in [1.82, 2.24) is 19.9 Å². The maximum absolute atomic E-state index is 4.45. The second-order valence-corrected chi connectivity index (χ2v) is 7.18. The van der Waals surface area contributed by atoms with Gasteiger partial charge in [-0.25, -0.2) is 4.68 Å². The van der Waals surface area contributed by atoms with E-state index in [9.17, 15) is 0 Å². The highest BCUT2D eigenvalue weighted by molar-refractivity contribution is 5.16. The van der Waals surface area contributed by atoms with Gasteiger partial charge in [0, 0.05) is 18.7 Å². The molecule has 0 unspecified atom stereocenters. The van der Waals surface area contributed by atoms with Crippen LogP contribution in [0.5, 0.6) is 0 Å². The average molecular weight is 346 g/mol. The third-order valence-corrected chi connectivity index (χ3v) is 5.31. The lowest BCUT2D eigenvalue weighted by molar-refractivity contribution is 0.213. The summed E-state index contributed by atoms with van der Waals surface area (Å²) in [5, 5.41) is 8.78. The highest BCUT2D eigenvalue weighted by Crippen LogP contribution is 2.26. The molecular weight excluding hydrogens is 320 g/mol. The molecule has 1 fully saturated rings. The van der Waals surface area contributed by atoms with E-state index in [4.69, 9.17) is 0 Å². The molecule has 0 aliphatic carbocycles. The fourth-order valence-electron chi connectivity index (χ4n) is 3.73. The molecule has 0 saturated carbocycles. The molecular formula is C22H26N4. The van der Waals surface area contributed by atoms with Crippen LogP contribution in [0.2, 0.25) is 0 Å². The Balaban J connectivity index is 1.27. The minimum Gasteiger partial charge on any atom is -0.303 e. The van der Waals surface area contributed by atoms with Gasteiger partial charge in [0.1, 0.15) is 0 Å².